The Morgan fingerprint density at radius 3 is 2.19 bits per heavy atom. The maximum absolute atomic E-state index is 14.4. The Morgan fingerprint density at radius 2 is 1.55 bits per heavy atom. The van der Waals surface area contributed by atoms with Crippen molar-refractivity contribution in [3.05, 3.63) is 53.1 Å². The number of fused-ring (bicyclic) bond motifs is 6. The first-order valence-corrected chi connectivity index (χ1v) is 30.4. The van der Waals surface area contributed by atoms with Gasteiger partial charge in [-0.2, -0.15) is 0 Å². The Labute approximate surface area is 517 Å². The quantitative estimate of drug-likeness (QED) is 0.133. The van der Waals surface area contributed by atoms with E-state index in [1.54, 1.807) is 38.3 Å². The molecule has 0 bridgehead atoms. The van der Waals surface area contributed by atoms with Gasteiger partial charge in [0.05, 0.1) is 73.5 Å². The molecular weight excluding hydrogens is 1090 g/mol. The summed E-state index contributed by atoms with van der Waals surface area (Å²) in [6.07, 6.45) is 8.45. The van der Waals surface area contributed by atoms with Gasteiger partial charge in [0.1, 0.15) is 58.8 Å². The minimum Gasteiger partial charge on any atom is -0.550 e. The van der Waals surface area contributed by atoms with Crippen molar-refractivity contribution in [1.29, 1.82) is 0 Å². The predicted octanol–water partition coefficient (Wildman–Crippen LogP) is 5.57. The smallest absolute Gasteiger partial charge is 0.550 e. The molecule has 0 saturated carbocycles. The average Bonchev–Trinajstić information content (AvgIpc) is 1.56. The fourth-order valence-corrected chi connectivity index (χ4v) is 14.7. The van der Waals surface area contributed by atoms with Crippen molar-refractivity contribution < 1.29 is 117 Å². The van der Waals surface area contributed by atoms with E-state index < -0.39 is 101 Å². The van der Waals surface area contributed by atoms with Gasteiger partial charge in [0.25, 0.3) is 0 Å². The minimum atomic E-state index is -1.37. The molecular formula is C65H91NaO18. The molecule has 0 radical (unpaired) electrons. The van der Waals surface area contributed by atoms with Gasteiger partial charge in [0, 0.05) is 59.7 Å². The number of hydrogen-bond acceptors (Lipinski definition) is 18. The minimum absolute atomic E-state index is 0. The molecule has 0 aliphatic carbocycles. The SMILES string of the molecule is CCC(C(=O)[O-])C1CCC(C)C(C(C)C(O)C(C)C(=O)C(CC)C2OC3(C=CC(O)C4(CCC(C)(C5CCC(O)(CC)C(C)O5)O4)O3)C(C)CC2C)O1.COc1cc2c(cc1OC)C1C(=O)c3c(O)cc4c(c3OC1CO2)C=CC(C)(C)O4.[Na+]. The van der Waals surface area contributed by atoms with Crippen LogP contribution < -0.4 is 58.3 Å². The summed E-state index contributed by atoms with van der Waals surface area (Å²) < 4.78 is 62.2. The van der Waals surface area contributed by atoms with Crippen LogP contribution in [0.2, 0.25) is 0 Å². The number of aromatic hydroxyl groups is 1. The summed E-state index contributed by atoms with van der Waals surface area (Å²) in [4.78, 5) is 39.8. The number of phenolic OH excluding ortho intramolecular Hbond substituents is 1. The number of ketones is 2. The van der Waals surface area contributed by atoms with Gasteiger partial charge in [-0.05, 0) is 128 Å². The fourth-order valence-electron chi connectivity index (χ4n) is 14.7. The number of hydrogen-bond donors (Lipinski definition) is 4. The first-order valence-electron chi connectivity index (χ1n) is 30.4. The number of carboxylic acid groups (broad SMARTS) is 1. The summed E-state index contributed by atoms with van der Waals surface area (Å²) in [5.41, 5.74) is -0.706. The van der Waals surface area contributed by atoms with Gasteiger partial charge in [0.2, 0.25) is 5.79 Å². The first kappa shape index (κ1) is 66.2. The summed E-state index contributed by atoms with van der Waals surface area (Å²) in [6, 6.07) is 4.92. The standard InChI is InChI=1S/C42H70O11.C23H22O7.Na/c1-11-29(38(46)47)31-15-14-23(4)36(50-31)27(8)34(44)26(7)35(45)30(12-2)37-24(5)22-25(6)41(51-37)19-16-32(43)42(53-41)21-20-39(10,52-42)33-17-18-40(48,13-3)28(9)49-33;1-23(2)6-5-11-15(30-23)8-13(24)20-21(25)19-12-7-16(26-3)17(27-4)9-14(12)28-10-18(19)29-22(11)20;/h16,19,23-34,36-37,43-44,48H,11-15,17-18,20-22H2,1-10H3,(H,46,47);5-9,18-19,24H,10H2,1-4H3;/q;;+1/p-1. The number of benzene rings is 2. The summed E-state index contributed by atoms with van der Waals surface area (Å²) in [5.74, 6) is -4.89. The van der Waals surface area contributed by atoms with E-state index in [2.05, 4.69) is 20.8 Å². The largest absolute Gasteiger partial charge is 1.00 e. The van der Waals surface area contributed by atoms with E-state index >= 15 is 0 Å². The number of Topliss-reactive ketones (excluding diaryl/α,β-unsaturated/α-hetero) is 2. The maximum Gasteiger partial charge on any atom is 1.00 e. The molecule has 2 spiro atoms. The van der Waals surface area contributed by atoms with E-state index in [4.69, 9.17) is 47.4 Å². The molecule has 4 saturated heterocycles. The van der Waals surface area contributed by atoms with Gasteiger partial charge in [-0.1, -0.05) is 55.4 Å². The van der Waals surface area contributed by atoms with Crippen LogP contribution in [0.1, 0.15) is 175 Å². The van der Waals surface area contributed by atoms with Crippen LogP contribution in [0.15, 0.2) is 36.4 Å². The van der Waals surface area contributed by atoms with E-state index in [0.717, 1.165) is 6.42 Å². The molecule has 8 aliphatic heterocycles. The molecule has 18 nitrogen and oxygen atoms in total. The van der Waals surface area contributed by atoms with Crippen LogP contribution in [-0.2, 0) is 33.3 Å². The first-order chi connectivity index (χ1) is 39.1. The van der Waals surface area contributed by atoms with Crippen LogP contribution >= 0.6 is 0 Å². The Hall–Kier alpha value is -3.79. The second-order valence-corrected chi connectivity index (χ2v) is 26.0. The number of phenols is 1. The molecule has 2 aromatic rings. The van der Waals surface area contributed by atoms with E-state index in [0.29, 0.717) is 97.7 Å². The van der Waals surface area contributed by atoms with Crippen molar-refractivity contribution in [1.82, 2.24) is 0 Å². The Kier molecular flexibility index (Phi) is 20.0. The van der Waals surface area contributed by atoms with Crippen LogP contribution in [0.3, 0.4) is 0 Å². The molecule has 0 amide bonds. The van der Waals surface area contributed by atoms with Gasteiger partial charge < -0.3 is 77.7 Å². The second-order valence-electron chi connectivity index (χ2n) is 26.0. The van der Waals surface area contributed by atoms with Crippen LogP contribution in [-0.4, -0.2) is 136 Å². The molecule has 10 rings (SSSR count). The summed E-state index contributed by atoms with van der Waals surface area (Å²) in [7, 11) is 3.07. The zero-order valence-electron chi connectivity index (χ0n) is 52.1. The monoisotopic (exact) mass is 1180 g/mol. The number of rotatable bonds is 14. The molecule has 19 heteroatoms. The van der Waals surface area contributed by atoms with Crippen LogP contribution in [0, 0.1) is 41.4 Å². The van der Waals surface area contributed by atoms with Gasteiger partial charge in [0.15, 0.2) is 23.1 Å². The molecule has 0 aromatic heterocycles. The Morgan fingerprint density at radius 1 is 0.857 bits per heavy atom. The molecule has 4 fully saturated rings. The normalized spacial score (nSPS) is 37.1. The Bertz CT molecular complexity index is 2800. The van der Waals surface area contributed by atoms with Gasteiger partial charge in [-0.3, -0.25) is 9.59 Å². The van der Waals surface area contributed by atoms with Crippen molar-refractivity contribution in [2.45, 2.75) is 230 Å². The third-order valence-corrected chi connectivity index (χ3v) is 20.1. The Balaban J connectivity index is 0.000000250. The van der Waals surface area contributed by atoms with E-state index in [1.165, 1.54) is 13.2 Å². The fraction of sp³-hybridized carbons (Fsp3) is 0.708. The average molecular weight is 1180 g/mol. The number of methoxy groups -OCH3 is 2. The molecule has 4 N–H and O–H groups in total. The van der Waals surface area contributed by atoms with Crippen LogP contribution in [0.25, 0.3) is 6.08 Å². The second kappa shape index (κ2) is 25.4. The molecule has 8 heterocycles. The predicted molar refractivity (Wildman–Crippen MR) is 304 cm³/mol. The van der Waals surface area contributed by atoms with E-state index in [9.17, 15) is 39.9 Å². The van der Waals surface area contributed by atoms with Crippen LogP contribution in [0.5, 0.6) is 34.5 Å². The molecule has 20 atom stereocenters. The number of ether oxygens (including phenoxy) is 10. The zero-order chi connectivity index (χ0) is 60.5. The summed E-state index contributed by atoms with van der Waals surface area (Å²) in [5, 5.41) is 56.7. The molecule has 84 heavy (non-hydrogen) atoms. The van der Waals surface area contributed by atoms with Crippen molar-refractivity contribution in [3.63, 3.8) is 0 Å². The molecule has 460 valence electrons. The number of carboxylic acids is 1. The van der Waals surface area contributed by atoms with Crippen molar-refractivity contribution in [2.75, 3.05) is 20.8 Å². The van der Waals surface area contributed by atoms with Gasteiger partial charge in [-0.25, -0.2) is 0 Å². The number of aliphatic carboxylic acids is 1. The summed E-state index contributed by atoms with van der Waals surface area (Å²) >= 11 is 0. The molecule has 20 unspecified atom stereocenters. The zero-order valence-corrected chi connectivity index (χ0v) is 54.1. The van der Waals surface area contributed by atoms with Crippen molar-refractivity contribution >= 4 is 23.6 Å². The van der Waals surface area contributed by atoms with E-state index in [1.807, 2.05) is 67.5 Å². The number of aliphatic hydroxyl groups is 3. The number of aliphatic hydroxyl groups excluding tert-OH is 2. The molecule has 2 aromatic carbocycles. The van der Waals surface area contributed by atoms with Crippen LogP contribution in [0.4, 0.5) is 0 Å². The summed E-state index contributed by atoms with van der Waals surface area (Å²) in [6.45, 7) is 23.5. The third kappa shape index (κ3) is 12.1. The van der Waals surface area contributed by atoms with E-state index in [-0.39, 0.29) is 89.0 Å². The van der Waals surface area contributed by atoms with Gasteiger partial charge >= 0.3 is 29.6 Å². The van der Waals surface area contributed by atoms with Gasteiger partial charge in [-0.15, -0.1) is 0 Å². The van der Waals surface area contributed by atoms with Crippen molar-refractivity contribution in [3.8, 4) is 34.5 Å². The number of carbonyl (C=O) groups excluding carboxylic acids is 3. The molecule has 8 aliphatic rings. The number of carbonyl (C=O) groups is 3. The third-order valence-electron chi connectivity index (χ3n) is 20.1. The van der Waals surface area contributed by atoms with Crippen molar-refractivity contribution in [2.24, 2.45) is 41.4 Å². The maximum atomic E-state index is 14.4. The topological polar surface area (TPSA) is 247 Å².